The van der Waals surface area contributed by atoms with E-state index >= 15 is 0 Å². The van der Waals surface area contributed by atoms with Gasteiger partial charge in [-0.2, -0.15) is 10.1 Å². The van der Waals surface area contributed by atoms with Crippen LogP contribution in [0.3, 0.4) is 0 Å². The highest BCUT2D eigenvalue weighted by atomic mass is 16.1. The van der Waals surface area contributed by atoms with Crippen molar-refractivity contribution in [1.82, 2.24) is 19.7 Å². The third-order valence-electron chi connectivity index (χ3n) is 4.09. The number of aromatic nitrogens is 4. The van der Waals surface area contributed by atoms with E-state index in [1.807, 2.05) is 39.1 Å². The molecule has 0 atom stereocenters. The van der Waals surface area contributed by atoms with Gasteiger partial charge in [0.1, 0.15) is 5.82 Å². The molecule has 0 bridgehead atoms. The number of nitrogens with zero attached hydrogens (tertiary/aromatic N) is 4. The fourth-order valence-corrected chi connectivity index (χ4v) is 2.67. The van der Waals surface area contributed by atoms with Crippen molar-refractivity contribution >= 4 is 23.4 Å². The zero-order chi connectivity index (χ0) is 18.7. The quantitative estimate of drug-likeness (QED) is 0.628. The second-order valence-electron chi connectivity index (χ2n) is 6.07. The molecule has 26 heavy (non-hydrogen) atoms. The monoisotopic (exact) mass is 351 g/mol. The highest BCUT2D eigenvalue weighted by molar-refractivity contribution is 5.97. The number of amides is 1. The van der Waals surface area contributed by atoms with Crippen LogP contribution in [0.5, 0.6) is 0 Å². The topological polar surface area (TPSA) is 111 Å². The number of primary amides is 1. The molecule has 0 aliphatic carbocycles. The first kappa shape index (κ1) is 17.4. The van der Waals surface area contributed by atoms with Gasteiger partial charge >= 0.3 is 0 Å². The number of hydrogen-bond donors (Lipinski definition) is 3. The Labute approximate surface area is 151 Å². The lowest BCUT2D eigenvalue weighted by Crippen LogP contribution is -2.17. The van der Waals surface area contributed by atoms with Gasteiger partial charge in [0.05, 0.1) is 17.4 Å². The smallest absolute Gasteiger partial charge is 0.254 e. The predicted octanol–water partition coefficient (Wildman–Crippen LogP) is 2.28. The van der Waals surface area contributed by atoms with Crippen molar-refractivity contribution in [2.75, 3.05) is 10.6 Å². The minimum Gasteiger partial charge on any atom is -0.365 e. The van der Waals surface area contributed by atoms with Crippen LogP contribution >= 0.6 is 0 Å². The summed E-state index contributed by atoms with van der Waals surface area (Å²) in [5, 5.41) is 10.4. The summed E-state index contributed by atoms with van der Waals surface area (Å²) in [4.78, 5) is 20.3. The molecule has 0 saturated carbocycles. The van der Waals surface area contributed by atoms with Crippen molar-refractivity contribution in [1.29, 1.82) is 0 Å². The SMILES string of the molecule is Cc1cccc(C)c1CNc1nc(Nc2cnn(C)c2)ncc1C(N)=O. The summed E-state index contributed by atoms with van der Waals surface area (Å²) in [6.45, 7) is 4.63. The highest BCUT2D eigenvalue weighted by Gasteiger charge is 2.13. The predicted molar refractivity (Wildman–Crippen MR) is 100 cm³/mol. The number of benzene rings is 1. The number of hydrogen-bond acceptors (Lipinski definition) is 6. The standard InChI is InChI=1S/C18H21N7O/c1-11-5-4-6-12(2)14(11)8-20-17-15(16(19)26)9-21-18(24-17)23-13-7-22-25(3)10-13/h4-7,9-10H,8H2,1-3H3,(H2,19,26)(H2,20,21,23,24). The van der Waals surface area contributed by atoms with E-state index in [4.69, 9.17) is 5.73 Å². The lowest BCUT2D eigenvalue weighted by Gasteiger charge is -2.14. The van der Waals surface area contributed by atoms with Crippen molar-refractivity contribution < 1.29 is 4.79 Å². The first-order chi connectivity index (χ1) is 12.4. The van der Waals surface area contributed by atoms with Gasteiger partial charge in [-0.3, -0.25) is 9.48 Å². The van der Waals surface area contributed by atoms with E-state index in [9.17, 15) is 4.79 Å². The number of aryl methyl sites for hydroxylation is 3. The van der Waals surface area contributed by atoms with E-state index in [2.05, 4.69) is 25.7 Å². The zero-order valence-electron chi connectivity index (χ0n) is 14.9. The van der Waals surface area contributed by atoms with E-state index in [0.29, 0.717) is 18.3 Å². The van der Waals surface area contributed by atoms with E-state index in [1.54, 1.807) is 17.1 Å². The molecule has 0 aliphatic heterocycles. The fraction of sp³-hybridized carbons (Fsp3) is 0.222. The Morgan fingerprint density at radius 3 is 2.58 bits per heavy atom. The van der Waals surface area contributed by atoms with Crippen LogP contribution in [0, 0.1) is 13.8 Å². The molecule has 2 aromatic heterocycles. The Hall–Kier alpha value is -3.42. The Morgan fingerprint density at radius 1 is 1.23 bits per heavy atom. The van der Waals surface area contributed by atoms with Gasteiger partial charge in [0.25, 0.3) is 5.91 Å². The minimum atomic E-state index is -0.582. The third-order valence-corrected chi connectivity index (χ3v) is 4.09. The van der Waals surface area contributed by atoms with Gasteiger partial charge < -0.3 is 16.4 Å². The van der Waals surface area contributed by atoms with Crippen molar-refractivity contribution in [2.45, 2.75) is 20.4 Å². The lowest BCUT2D eigenvalue weighted by molar-refractivity contribution is 0.100. The van der Waals surface area contributed by atoms with E-state index < -0.39 is 5.91 Å². The maximum Gasteiger partial charge on any atom is 0.254 e. The van der Waals surface area contributed by atoms with Crippen molar-refractivity contribution in [3.8, 4) is 0 Å². The maximum absolute atomic E-state index is 11.7. The lowest BCUT2D eigenvalue weighted by atomic mass is 10.0. The number of nitrogens with two attached hydrogens (primary N) is 1. The van der Waals surface area contributed by atoms with Crippen LogP contribution in [0.25, 0.3) is 0 Å². The molecule has 1 aromatic carbocycles. The van der Waals surface area contributed by atoms with Gasteiger partial charge in [0.2, 0.25) is 5.95 Å². The molecule has 0 fully saturated rings. The first-order valence-corrected chi connectivity index (χ1v) is 8.15. The van der Waals surface area contributed by atoms with Crippen LogP contribution in [0.2, 0.25) is 0 Å². The molecule has 0 spiro atoms. The number of anilines is 3. The second-order valence-corrected chi connectivity index (χ2v) is 6.07. The van der Waals surface area contributed by atoms with E-state index in [0.717, 1.165) is 11.3 Å². The molecule has 8 nitrogen and oxygen atoms in total. The van der Waals surface area contributed by atoms with Crippen LogP contribution in [-0.2, 0) is 13.6 Å². The molecule has 8 heteroatoms. The summed E-state index contributed by atoms with van der Waals surface area (Å²) in [7, 11) is 1.82. The largest absolute Gasteiger partial charge is 0.365 e. The molecule has 2 heterocycles. The number of nitrogens with one attached hydrogen (secondary N) is 2. The molecule has 1 amide bonds. The molecular formula is C18H21N7O. The third kappa shape index (κ3) is 3.80. The van der Waals surface area contributed by atoms with Gasteiger partial charge in [0.15, 0.2) is 0 Å². The average molecular weight is 351 g/mol. The van der Waals surface area contributed by atoms with Gasteiger partial charge in [-0.15, -0.1) is 0 Å². The van der Waals surface area contributed by atoms with Crippen LogP contribution < -0.4 is 16.4 Å². The minimum absolute atomic E-state index is 0.243. The molecule has 134 valence electrons. The maximum atomic E-state index is 11.7. The van der Waals surface area contributed by atoms with Crippen LogP contribution in [0.4, 0.5) is 17.5 Å². The summed E-state index contributed by atoms with van der Waals surface area (Å²) in [5.41, 5.74) is 9.94. The average Bonchev–Trinajstić information content (AvgIpc) is 2.99. The Morgan fingerprint density at radius 2 is 1.96 bits per heavy atom. The molecule has 0 aliphatic rings. The second kappa shape index (κ2) is 7.22. The van der Waals surface area contributed by atoms with Gasteiger partial charge in [-0.05, 0) is 30.5 Å². The molecule has 4 N–H and O–H groups in total. The van der Waals surface area contributed by atoms with Crippen molar-refractivity contribution in [3.63, 3.8) is 0 Å². The van der Waals surface area contributed by atoms with Gasteiger partial charge in [0, 0.05) is 26.0 Å². The highest BCUT2D eigenvalue weighted by Crippen LogP contribution is 2.19. The molecular weight excluding hydrogens is 330 g/mol. The zero-order valence-corrected chi connectivity index (χ0v) is 14.9. The molecule has 3 aromatic rings. The summed E-state index contributed by atoms with van der Waals surface area (Å²) in [6, 6.07) is 6.12. The van der Waals surface area contributed by atoms with Crippen LogP contribution in [0.15, 0.2) is 36.8 Å². The van der Waals surface area contributed by atoms with Crippen molar-refractivity contribution in [2.24, 2.45) is 12.8 Å². The fourth-order valence-electron chi connectivity index (χ4n) is 2.67. The first-order valence-electron chi connectivity index (χ1n) is 8.15. The molecule has 0 radical (unpaired) electrons. The van der Waals surface area contributed by atoms with E-state index in [1.165, 1.54) is 17.3 Å². The summed E-state index contributed by atoms with van der Waals surface area (Å²) in [5.74, 6) is 0.162. The summed E-state index contributed by atoms with van der Waals surface area (Å²) < 4.78 is 1.67. The number of carbonyl (C=O) groups is 1. The Kier molecular flexibility index (Phi) is 4.83. The van der Waals surface area contributed by atoms with Gasteiger partial charge in [-0.1, -0.05) is 18.2 Å². The molecule has 3 rings (SSSR count). The molecule has 0 unspecified atom stereocenters. The summed E-state index contributed by atoms with van der Waals surface area (Å²) in [6.07, 6.45) is 4.88. The Balaban J connectivity index is 1.86. The number of carbonyl (C=O) groups excluding carboxylic acids is 1. The number of rotatable bonds is 6. The molecule has 0 saturated heterocycles. The van der Waals surface area contributed by atoms with Crippen LogP contribution in [0.1, 0.15) is 27.0 Å². The van der Waals surface area contributed by atoms with Crippen molar-refractivity contribution in [3.05, 3.63) is 59.0 Å². The summed E-state index contributed by atoms with van der Waals surface area (Å²) >= 11 is 0. The Bertz CT molecular complexity index is 928. The van der Waals surface area contributed by atoms with Gasteiger partial charge in [-0.25, -0.2) is 4.98 Å². The normalized spacial score (nSPS) is 10.6. The van der Waals surface area contributed by atoms with E-state index in [-0.39, 0.29) is 5.56 Å². The van der Waals surface area contributed by atoms with Crippen LogP contribution in [-0.4, -0.2) is 25.7 Å².